The van der Waals surface area contributed by atoms with Crippen molar-refractivity contribution in [1.29, 1.82) is 0 Å². The molecule has 0 fully saturated rings. The lowest BCUT2D eigenvalue weighted by Gasteiger charge is -2.13. The van der Waals surface area contributed by atoms with E-state index in [1.165, 1.54) is 12.1 Å². The Morgan fingerprint density at radius 2 is 1.62 bits per heavy atom. The third kappa shape index (κ3) is 3.13. The fourth-order valence-electron chi connectivity index (χ4n) is 2.33. The van der Waals surface area contributed by atoms with E-state index in [1.807, 2.05) is 0 Å². The van der Waals surface area contributed by atoms with E-state index in [0.717, 1.165) is 6.92 Å². The quantitative estimate of drug-likeness (QED) is 0.447. The van der Waals surface area contributed by atoms with Gasteiger partial charge < -0.3 is 4.74 Å². The fourth-order valence-corrected chi connectivity index (χ4v) is 2.33. The molecule has 0 atom stereocenters. The molecule has 0 radical (unpaired) electrons. The summed E-state index contributed by atoms with van der Waals surface area (Å²) in [4.78, 5) is 32.4. The molecule has 1 aromatic carbocycles. The number of imide groups is 1. The summed E-state index contributed by atoms with van der Waals surface area (Å²) in [6.45, 7) is 0.763. The number of carbonyl (C=O) groups excluding carboxylic acids is 2. The number of aromatic nitrogens is 1. The van der Waals surface area contributed by atoms with E-state index in [1.54, 1.807) is 12.1 Å². The van der Waals surface area contributed by atoms with Crippen molar-refractivity contribution in [2.24, 2.45) is 0 Å². The van der Waals surface area contributed by atoms with Crippen molar-refractivity contribution in [1.82, 2.24) is 10.0 Å². The highest BCUT2D eigenvalue weighted by atomic mass is 19.2. The van der Waals surface area contributed by atoms with Gasteiger partial charge in [0.25, 0.3) is 17.7 Å². The maximum atomic E-state index is 13.6. The SMILES string of the molecule is Cc1c(F)nc(OCCCON2C(=O)c3ccccc3C2=O)c(F)c1F. The summed E-state index contributed by atoms with van der Waals surface area (Å²) in [5, 5.41) is 0.634. The molecule has 9 heteroatoms. The van der Waals surface area contributed by atoms with Crippen molar-refractivity contribution in [2.45, 2.75) is 13.3 Å². The number of hydrogen-bond donors (Lipinski definition) is 0. The lowest BCUT2D eigenvalue weighted by molar-refractivity contribution is -0.0936. The highest BCUT2D eigenvalue weighted by Crippen LogP contribution is 2.23. The van der Waals surface area contributed by atoms with Crippen LogP contribution in [0, 0.1) is 24.5 Å². The minimum atomic E-state index is -1.38. The Labute approximate surface area is 146 Å². The predicted molar refractivity (Wildman–Crippen MR) is 81.9 cm³/mol. The van der Waals surface area contributed by atoms with Gasteiger partial charge in [-0.2, -0.15) is 13.8 Å². The lowest BCUT2D eigenvalue weighted by atomic mass is 10.1. The van der Waals surface area contributed by atoms with E-state index in [0.29, 0.717) is 5.06 Å². The molecule has 2 amide bonds. The largest absolute Gasteiger partial charge is 0.475 e. The Morgan fingerprint density at radius 3 is 2.23 bits per heavy atom. The molecule has 0 spiro atoms. The molecule has 0 N–H and O–H groups in total. The van der Waals surface area contributed by atoms with E-state index in [4.69, 9.17) is 9.57 Å². The zero-order valence-electron chi connectivity index (χ0n) is 13.6. The second-order valence-corrected chi connectivity index (χ2v) is 5.45. The Hall–Kier alpha value is -2.94. The number of benzene rings is 1. The average molecular weight is 366 g/mol. The standard InChI is InChI=1S/C17H13F3N2O4/c1-9-12(18)13(19)15(21-14(9)20)25-7-4-8-26-22-16(23)10-5-2-3-6-11(10)17(22)24/h2-3,5-6H,4,7-8H2,1H3. The van der Waals surface area contributed by atoms with Gasteiger partial charge in [0, 0.05) is 12.0 Å². The second kappa shape index (κ2) is 7.12. The van der Waals surface area contributed by atoms with E-state index in [9.17, 15) is 22.8 Å². The molecule has 0 bridgehead atoms. The van der Waals surface area contributed by atoms with Crippen molar-refractivity contribution < 1.29 is 32.3 Å². The third-order valence-electron chi connectivity index (χ3n) is 3.72. The van der Waals surface area contributed by atoms with Gasteiger partial charge in [0.2, 0.25) is 11.8 Å². The molecule has 0 unspecified atom stereocenters. The monoisotopic (exact) mass is 366 g/mol. The first-order chi connectivity index (χ1) is 12.4. The van der Waals surface area contributed by atoms with Gasteiger partial charge in [0.1, 0.15) is 0 Å². The van der Waals surface area contributed by atoms with E-state index in [-0.39, 0.29) is 30.8 Å². The van der Waals surface area contributed by atoms with Gasteiger partial charge in [-0.05, 0) is 19.1 Å². The third-order valence-corrected chi connectivity index (χ3v) is 3.72. The number of amides is 2. The Kier molecular flexibility index (Phi) is 4.90. The molecule has 136 valence electrons. The number of carbonyl (C=O) groups is 2. The topological polar surface area (TPSA) is 68.7 Å². The van der Waals surface area contributed by atoms with Crippen LogP contribution >= 0.6 is 0 Å². The van der Waals surface area contributed by atoms with Crippen LogP contribution in [0.2, 0.25) is 0 Å². The van der Waals surface area contributed by atoms with Crippen LogP contribution in [0.25, 0.3) is 0 Å². The smallest absolute Gasteiger partial charge is 0.285 e. The van der Waals surface area contributed by atoms with Crippen molar-refractivity contribution in [3.8, 4) is 5.88 Å². The molecule has 1 aliphatic heterocycles. The summed E-state index contributed by atoms with van der Waals surface area (Å²) in [5.41, 5.74) is -0.0555. The van der Waals surface area contributed by atoms with Crippen LogP contribution in [-0.4, -0.2) is 35.1 Å². The van der Waals surface area contributed by atoms with E-state index < -0.39 is 40.8 Å². The molecule has 6 nitrogen and oxygen atoms in total. The van der Waals surface area contributed by atoms with Crippen LogP contribution in [0.1, 0.15) is 32.7 Å². The summed E-state index contributed by atoms with van der Waals surface area (Å²) in [7, 11) is 0. The van der Waals surface area contributed by atoms with Crippen molar-refractivity contribution in [2.75, 3.05) is 13.2 Å². The number of halogens is 3. The maximum absolute atomic E-state index is 13.6. The van der Waals surface area contributed by atoms with Gasteiger partial charge in [-0.15, -0.1) is 5.06 Å². The highest BCUT2D eigenvalue weighted by Gasteiger charge is 2.36. The summed E-state index contributed by atoms with van der Waals surface area (Å²) in [5.74, 6) is -5.88. The first-order valence-electron chi connectivity index (χ1n) is 7.66. The average Bonchev–Trinajstić information content (AvgIpc) is 2.88. The number of hydrogen-bond acceptors (Lipinski definition) is 5. The molecule has 26 heavy (non-hydrogen) atoms. The Bertz CT molecular complexity index is 854. The summed E-state index contributed by atoms with van der Waals surface area (Å²) >= 11 is 0. The van der Waals surface area contributed by atoms with E-state index in [2.05, 4.69) is 4.98 Å². The summed E-state index contributed by atoms with van der Waals surface area (Å²) in [6, 6.07) is 6.28. The lowest BCUT2D eigenvalue weighted by Crippen LogP contribution is -2.30. The van der Waals surface area contributed by atoms with Gasteiger partial charge >= 0.3 is 0 Å². The van der Waals surface area contributed by atoms with Crippen molar-refractivity contribution in [3.05, 3.63) is 58.5 Å². The van der Waals surface area contributed by atoms with Gasteiger partial charge in [-0.25, -0.2) is 4.39 Å². The van der Waals surface area contributed by atoms with Crippen LogP contribution in [0.15, 0.2) is 24.3 Å². The summed E-state index contributed by atoms with van der Waals surface area (Å²) < 4.78 is 45.2. The van der Waals surface area contributed by atoms with Crippen LogP contribution in [-0.2, 0) is 4.84 Å². The van der Waals surface area contributed by atoms with Crippen molar-refractivity contribution in [3.63, 3.8) is 0 Å². The molecular formula is C17H13F3N2O4. The van der Waals surface area contributed by atoms with Crippen LogP contribution in [0.4, 0.5) is 13.2 Å². The molecule has 3 rings (SSSR count). The molecule has 0 saturated carbocycles. The minimum absolute atomic E-state index is 0.107. The minimum Gasteiger partial charge on any atom is -0.475 e. The molecule has 1 aromatic heterocycles. The zero-order valence-corrected chi connectivity index (χ0v) is 13.6. The number of ether oxygens (including phenoxy) is 1. The number of fused-ring (bicyclic) bond motifs is 1. The maximum Gasteiger partial charge on any atom is 0.285 e. The first kappa shape index (κ1) is 17.9. The predicted octanol–water partition coefficient (Wildman–Crippen LogP) is 2.80. The fraction of sp³-hybridized carbons (Fsp3) is 0.235. The highest BCUT2D eigenvalue weighted by molar-refractivity contribution is 6.20. The Balaban J connectivity index is 1.52. The second-order valence-electron chi connectivity index (χ2n) is 5.45. The molecular weight excluding hydrogens is 353 g/mol. The molecule has 2 heterocycles. The van der Waals surface area contributed by atoms with Gasteiger partial charge in [-0.3, -0.25) is 14.4 Å². The van der Waals surface area contributed by atoms with Crippen LogP contribution < -0.4 is 4.74 Å². The molecule has 1 aliphatic rings. The van der Waals surface area contributed by atoms with Gasteiger partial charge in [0.15, 0.2) is 5.82 Å². The Morgan fingerprint density at radius 1 is 1.00 bits per heavy atom. The van der Waals surface area contributed by atoms with Gasteiger partial charge in [0.05, 0.1) is 24.3 Å². The molecule has 0 aliphatic carbocycles. The number of nitrogens with zero attached hydrogens (tertiary/aromatic N) is 2. The van der Waals surface area contributed by atoms with E-state index >= 15 is 0 Å². The van der Waals surface area contributed by atoms with Crippen LogP contribution in [0.5, 0.6) is 5.88 Å². The zero-order chi connectivity index (χ0) is 18.8. The number of pyridine rings is 1. The number of rotatable bonds is 6. The number of hydroxylamine groups is 2. The first-order valence-corrected chi connectivity index (χ1v) is 7.66. The normalized spacial score (nSPS) is 13.3. The van der Waals surface area contributed by atoms with Crippen molar-refractivity contribution >= 4 is 11.8 Å². The van der Waals surface area contributed by atoms with Crippen LogP contribution in [0.3, 0.4) is 0 Å². The van der Waals surface area contributed by atoms with Gasteiger partial charge in [-0.1, -0.05) is 12.1 Å². The molecule has 2 aromatic rings. The summed E-state index contributed by atoms with van der Waals surface area (Å²) in [6.07, 6.45) is 0.117. The molecule has 0 saturated heterocycles.